The Bertz CT molecular complexity index is 709. The van der Waals surface area contributed by atoms with E-state index in [4.69, 9.17) is 9.72 Å². The van der Waals surface area contributed by atoms with E-state index in [0.29, 0.717) is 6.61 Å². The summed E-state index contributed by atoms with van der Waals surface area (Å²) in [5.41, 5.74) is 1.07. The molecule has 0 unspecified atom stereocenters. The van der Waals surface area contributed by atoms with E-state index in [1.165, 1.54) is 4.70 Å². The lowest BCUT2D eigenvalue weighted by molar-refractivity contribution is -0.129. The molecule has 0 aliphatic carbocycles. The quantitative estimate of drug-likeness (QED) is 0.873. The molecule has 2 N–H and O–H groups in total. The van der Waals surface area contributed by atoms with Gasteiger partial charge in [0.25, 0.3) is 0 Å². The molecule has 2 saturated heterocycles. The van der Waals surface area contributed by atoms with Crippen LogP contribution < -0.4 is 15.5 Å². The first-order chi connectivity index (χ1) is 12.2. The maximum atomic E-state index is 12.5. The summed E-state index contributed by atoms with van der Waals surface area (Å²) in [5, 5.41) is 7.53. The predicted molar refractivity (Wildman–Crippen MR) is 100 cm³/mol. The van der Waals surface area contributed by atoms with Crippen LogP contribution in [0.5, 0.6) is 0 Å². The number of anilines is 1. The summed E-state index contributed by atoms with van der Waals surface area (Å²) in [6.07, 6.45) is 1.82. The van der Waals surface area contributed by atoms with Gasteiger partial charge in [-0.3, -0.25) is 4.79 Å². The molecule has 25 heavy (non-hydrogen) atoms. The van der Waals surface area contributed by atoms with Gasteiger partial charge in [0.1, 0.15) is 6.04 Å². The largest absolute Gasteiger partial charge is 0.375 e. The topological polar surface area (TPSA) is 66.5 Å². The second kappa shape index (κ2) is 7.27. The molecule has 1 aromatic carbocycles. The minimum atomic E-state index is -0.240. The van der Waals surface area contributed by atoms with Crippen LogP contribution in [0.1, 0.15) is 19.8 Å². The lowest BCUT2D eigenvalue weighted by Crippen LogP contribution is -2.58. The van der Waals surface area contributed by atoms with Gasteiger partial charge in [-0.25, -0.2) is 4.98 Å². The van der Waals surface area contributed by atoms with E-state index in [1.54, 1.807) is 11.3 Å². The fraction of sp³-hybridized carbons (Fsp3) is 0.556. The molecule has 2 aliphatic heterocycles. The van der Waals surface area contributed by atoms with Crippen LogP contribution in [0.15, 0.2) is 24.3 Å². The Morgan fingerprint density at radius 2 is 2.16 bits per heavy atom. The van der Waals surface area contributed by atoms with Gasteiger partial charge in [0.15, 0.2) is 5.13 Å². The molecule has 2 fully saturated rings. The number of amides is 1. The van der Waals surface area contributed by atoms with E-state index < -0.39 is 0 Å². The van der Waals surface area contributed by atoms with Gasteiger partial charge in [-0.1, -0.05) is 23.5 Å². The van der Waals surface area contributed by atoms with Gasteiger partial charge >= 0.3 is 0 Å². The number of fused-ring (bicyclic) bond motifs is 1. The van der Waals surface area contributed by atoms with Crippen LogP contribution in [0.3, 0.4) is 0 Å². The van der Waals surface area contributed by atoms with Gasteiger partial charge in [0.05, 0.1) is 22.9 Å². The third-order valence-corrected chi connectivity index (χ3v) is 6.09. The molecule has 2 aliphatic rings. The van der Waals surface area contributed by atoms with E-state index in [1.807, 2.05) is 13.0 Å². The maximum absolute atomic E-state index is 12.5. The average molecular weight is 360 g/mol. The monoisotopic (exact) mass is 360 g/mol. The van der Waals surface area contributed by atoms with Gasteiger partial charge in [0.2, 0.25) is 5.91 Å². The number of morpholine rings is 1. The Hall–Kier alpha value is -1.70. The van der Waals surface area contributed by atoms with Crippen molar-refractivity contribution in [3.63, 3.8) is 0 Å². The van der Waals surface area contributed by atoms with Gasteiger partial charge in [-0.15, -0.1) is 0 Å². The van der Waals surface area contributed by atoms with Gasteiger partial charge in [0, 0.05) is 25.7 Å². The fourth-order valence-corrected chi connectivity index (χ4v) is 4.55. The summed E-state index contributed by atoms with van der Waals surface area (Å²) in [7, 11) is 0. The molecule has 6 nitrogen and oxygen atoms in total. The number of nitrogens with zero attached hydrogens (tertiary/aromatic N) is 2. The van der Waals surface area contributed by atoms with Crippen molar-refractivity contribution >= 4 is 32.6 Å². The Morgan fingerprint density at radius 1 is 1.36 bits per heavy atom. The van der Waals surface area contributed by atoms with E-state index in [2.05, 4.69) is 33.7 Å². The van der Waals surface area contributed by atoms with E-state index in [-0.39, 0.29) is 24.1 Å². The van der Waals surface area contributed by atoms with E-state index in [0.717, 1.165) is 43.1 Å². The number of thiazole rings is 1. The molecule has 1 aromatic heterocycles. The summed E-state index contributed by atoms with van der Waals surface area (Å²) >= 11 is 1.74. The molecular weight excluding hydrogens is 336 g/mol. The Morgan fingerprint density at radius 3 is 2.92 bits per heavy atom. The first kappa shape index (κ1) is 16.8. The van der Waals surface area contributed by atoms with Gasteiger partial charge < -0.3 is 20.3 Å². The average Bonchev–Trinajstić information content (AvgIpc) is 3.07. The zero-order chi connectivity index (χ0) is 17.2. The number of benzene rings is 1. The van der Waals surface area contributed by atoms with Crippen LogP contribution >= 0.6 is 11.3 Å². The number of ether oxygens (including phenoxy) is 1. The van der Waals surface area contributed by atoms with E-state index in [9.17, 15) is 4.79 Å². The molecule has 1 amide bonds. The molecule has 7 heteroatoms. The molecule has 0 saturated carbocycles. The number of para-hydroxylation sites is 1. The molecule has 0 radical (unpaired) electrons. The summed E-state index contributed by atoms with van der Waals surface area (Å²) in [4.78, 5) is 19.5. The van der Waals surface area contributed by atoms with Crippen molar-refractivity contribution in [2.75, 3.05) is 31.1 Å². The number of piperidine rings is 1. The predicted octanol–water partition coefficient (Wildman–Crippen LogP) is 1.76. The summed E-state index contributed by atoms with van der Waals surface area (Å²) in [5.74, 6) is 0.0608. The molecule has 0 spiro atoms. The highest BCUT2D eigenvalue weighted by atomic mass is 32.1. The molecular formula is C18H24N4O2S. The third-order valence-electron chi connectivity index (χ3n) is 4.99. The van der Waals surface area contributed by atoms with Crippen molar-refractivity contribution in [2.24, 2.45) is 0 Å². The number of hydrogen-bond acceptors (Lipinski definition) is 6. The highest BCUT2D eigenvalue weighted by Crippen LogP contribution is 2.30. The molecule has 2 aromatic rings. The second-order valence-electron chi connectivity index (χ2n) is 6.74. The van der Waals surface area contributed by atoms with Crippen molar-refractivity contribution in [3.05, 3.63) is 24.3 Å². The SMILES string of the molecule is C[C@H]1OCCN[C@@H]1C(=O)NC1CCN(c2nc3ccccc3s2)CC1. The van der Waals surface area contributed by atoms with Crippen molar-refractivity contribution < 1.29 is 9.53 Å². The van der Waals surface area contributed by atoms with Crippen LogP contribution in [0.2, 0.25) is 0 Å². The molecule has 4 rings (SSSR count). The summed E-state index contributed by atoms with van der Waals surface area (Å²) in [6.45, 7) is 5.21. The van der Waals surface area contributed by atoms with E-state index >= 15 is 0 Å². The van der Waals surface area contributed by atoms with Crippen LogP contribution in [-0.2, 0) is 9.53 Å². The number of nitrogens with one attached hydrogen (secondary N) is 2. The zero-order valence-electron chi connectivity index (χ0n) is 14.4. The zero-order valence-corrected chi connectivity index (χ0v) is 15.2. The number of hydrogen-bond donors (Lipinski definition) is 2. The molecule has 2 atom stereocenters. The first-order valence-corrected chi connectivity index (χ1v) is 9.78. The number of carbonyl (C=O) groups is 1. The van der Waals surface area contributed by atoms with Gasteiger partial charge in [-0.2, -0.15) is 0 Å². The minimum Gasteiger partial charge on any atom is -0.375 e. The normalized spacial score (nSPS) is 25.2. The summed E-state index contributed by atoms with van der Waals surface area (Å²) in [6, 6.07) is 8.24. The van der Waals surface area contributed by atoms with Crippen LogP contribution in [0.25, 0.3) is 10.2 Å². The Labute approximate surface area is 151 Å². The maximum Gasteiger partial charge on any atom is 0.240 e. The fourth-order valence-electron chi connectivity index (χ4n) is 3.53. The van der Waals surface area contributed by atoms with Crippen molar-refractivity contribution in [2.45, 2.75) is 38.0 Å². The standard InChI is InChI=1S/C18H24N4O2S/c1-12-16(19-8-11-24-12)17(23)20-13-6-9-22(10-7-13)18-21-14-4-2-3-5-15(14)25-18/h2-5,12-13,16,19H,6-11H2,1H3,(H,20,23)/t12-,16+/m1/s1. The highest BCUT2D eigenvalue weighted by molar-refractivity contribution is 7.22. The molecule has 3 heterocycles. The Balaban J connectivity index is 1.32. The highest BCUT2D eigenvalue weighted by Gasteiger charge is 2.30. The third kappa shape index (κ3) is 3.63. The van der Waals surface area contributed by atoms with Crippen molar-refractivity contribution in [1.29, 1.82) is 0 Å². The first-order valence-electron chi connectivity index (χ1n) is 8.96. The minimum absolute atomic E-state index is 0.0608. The lowest BCUT2D eigenvalue weighted by atomic mass is 10.0. The second-order valence-corrected chi connectivity index (χ2v) is 7.75. The number of aromatic nitrogens is 1. The summed E-state index contributed by atoms with van der Waals surface area (Å²) < 4.78 is 6.79. The van der Waals surface area contributed by atoms with Crippen molar-refractivity contribution in [1.82, 2.24) is 15.6 Å². The van der Waals surface area contributed by atoms with Crippen LogP contribution in [0, 0.1) is 0 Å². The lowest BCUT2D eigenvalue weighted by Gasteiger charge is -2.34. The number of carbonyl (C=O) groups excluding carboxylic acids is 1. The number of rotatable bonds is 3. The molecule has 0 bridgehead atoms. The van der Waals surface area contributed by atoms with Crippen LogP contribution in [-0.4, -0.2) is 55.3 Å². The van der Waals surface area contributed by atoms with Crippen LogP contribution in [0.4, 0.5) is 5.13 Å². The van der Waals surface area contributed by atoms with Crippen molar-refractivity contribution in [3.8, 4) is 0 Å². The Kier molecular flexibility index (Phi) is 4.87. The molecule has 134 valence electrons. The smallest absolute Gasteiger partial charge is 0.240 e. The van der Waals surface area contributed by atoms with Gasteiger partial charge in [-0.05, 0) is 31.9 Å².